The lowest BCUT2D eigenvalue weighted by molar-refractivity contribution is 0.268. The molecule has 0 saturated carbocycles. The highest BCUT2D eigenvalue weighted by Gasteiger charge is 2.04. The molecule has 82 valence electrons. The first-order valence-electron chi connectivity index (χ1n) is 5.15. The lowest BCUT2D eigenvalue weighted by atomic mass is 10.1. The summed E-state index contributed by atoms with van der Waals surface area (Å²) in [5.41, 5.74) is 0.852. The molecule has 0 unspecified atom stereocenters. The van der Waals surface area contributed by atoms with Gasteiger partial charge in [0.1, 0.15) is 11.6 Å². The molecule has 1 aromatic rings. The van der Waals surface area contributed by atoms with Gasteiger partial charge in [0, 0.05) is 5.56 Å². The first-order valence-corrected chi connectivity index (χ1v) is 5.15. The van der Waals surface area contributed by atoms with Crippen LogP contribution in [0.4, 0.5) is 4.39 Å². The summed E-state index contributed by atoms with van der Waals surface area (Å²) in [7, 11) is 0. The van der Waals surface area contributed by atoms with E-state index < -0.39 is 0 Å². The van der Waals surface area contributed by atoms with Gasteiger partial charge in [-0.2, -0.15) is 0 Å². The average Bonchev–Trinajstić information content (AvgIpc) is 2.17. The molecule has 2 heteroatoms. The fourth-order valence-corrected chi connectivity index (χ4v) is 1.26. The Kier molecular flexibility index (Phi) is 4.35. The van der Waals surface area contributed by atoms with Crippen LogP contribution < -0.4 is 4.74 Å². The Bertz CT molecular complexity index is 331. The number of ether oxygens (including phenoxy) is 1. The molecule has 0 radical (unpaired) electrons. The number of rotatable bonds is 5. The summed E-state index contributed by atoms with van der Waals surface area (Å²) in [5, 5.41) is 0. The molecule has 0 spiro atoms. The normalized spacial score (nSPS) is 10.4. The van der Waals surface area contributed by atoms with E-state index in [2.05, 4.69) is 20.4 Å². The van der Waals surface area contributed by atoms with Crippen LogP contribution >= 0.6 is 0 Å². The van der Waals surface area contributed by atoms with Crippen molar-refractivity contribution in [3.63, 3.8) is 0 Å². The van der Waals surface area contributed by atoms with Gasteiger partial charge in [-0.15, -0.1) is 6.58 Å². The Morgan fingerprint density at radius 1 is 1.47 bits per heavy atom. The third-order valence-electron chi connectivity index (χ3n) is 1.96. The highest BCUT2D eigenvalue weighted by atomic mass is 19.1. The molecule has 0 aliphatic heterocycles. The van der Waals surface area contributed by atoms with Gasteiger partial charge in [0.25, 0.3) is 0 Å². The molecular formula is C13H17FO. The van der Waals surface area contributed by atoms with Crippen LogP contribution in [0.1, 0.15) is 19.4 Å². The van der Waals surface area contributed by atoms with E-state index in [9.17, 15) is 4.39 Å². The van der Waals surface area contributed by atoms with Gasteiger partial charge in [-0.1, -0.05) is 19.9 Å². The van der Waals surface area contributed by atoms with Gasteiger partial charge >= 0.3 is 0 Å². The van der Waals surface area contributed by atoms with E-state index in [-0.39, 0.29) is 5.82 Å². The standard InChI is InChI=1S/C13H17FO/c1-4-5-11-8-12(14)6-7-13(11)15-9-10(2)3/h4,6-8,10H,1,5,9H2,2-3H3. The Morgan fingerprint density at radius 3 is 2.80 bits per heavy atom. The van der Waals surface area contributed by atoms with Crippen LogP contribution in [0.15, 0.2) is 30.9 Å². The minimum atomic E-state index is -0.233. The van der Waals surface area contributed by atoms with Gasteiger partial charge in [0.15, 0.2) is 0 Å². The van der Waals surface area contributed by atoms with Crippen molar-refractivity contribution < 1.29 is 9.13 Å². The van der Waals surface area contributed by atoms with Crippen LogP contribution in [0.3, 0.4) is 0 Å². The summed E-state index contributed by atoms with van der Waals surface area (Å²) < 4.78 is 18.6. The summed E-state index contributed by atoms with van der Waals surface area (Å²) in [6, 6.07) is 4.59. The predicted octanol–water partition coefficient (Wildman–Crippen LogP) is 3.59. The Labute approximate surface area is 90.6 Å². The van der Waals surface area contributed by atoms with Crippen molar-refractivity contribution in [2.75, 3.05) is 6.61 Å². The van der Waals surface area contributed by atoms with E-state index in [1.54, 1.807) is 12.1 Å². The highest BCUT2D eigenvalue weighted by molar-refractivity contribution is 5.35. The summed E-state index contributed by atoms with van der Waals surface area (Å²) >= 11 is 0. The molecule has 0 aliphatic rings. The van der Waals surface area contributed by atoms with Crippen LogP contribution in [0.5, 0.6) is 5.75 Å². The lowest BCUT2D eigenvalue weighted by Gasteiger charge is -2.12. The number of hydrogen-bond acceptors (Lipinski definition) is 1. The summed E-state index contributed by atoms with van der Waals surface area (Å²) in [6.45, 7) is 8.45. The summed E-state index contributed by atoms with van der Waals surface area (Å²) in [6.07, 6.45) is 2.38. The van der Waals surface area contributed by atoms with E-state index >= 15 is 0 Å². The quantitative estimate of drug-likeness (QED) is 0.672. The topological polar surface area (TPSA) is 9.23 Å². The van der Waals surface area contributed by atoms with Crippen LogP contribution in [-0.4, -0.2) is 6.61 Å². The molecule has 1 rings (SSSR count). The molecule has 0 saturated heterocycles. The molecule has 0 amide bonds. The molecule has 0 aliphatic carbocycles. The molecule has 0 bridgehead atoms. The first-order chi connectivity index (χ1) is 7.13. The van der Waals surface area contributed by atoms with Crippen molar-refractivity contribution in [2.24, 2.45) is 5.92 Å². The molecule has 15 heavy (non-hydrogen) atoms. The predicted molar refractivity (Wildman–Crippen MR) is 60.6 cm³/mol. The maximum Gasteiger partial charge on any atom is 0.123 e. The largest absolute Gasteiger partial charge is 0.493 e. The minimum absolute atomic E-state index is 0.233. The fourth-order valence-electron chi connectivity index (χ4n) is 1.26. The van der Waals surface area contributed by atoms with Crippen LogP contribution in [0, 0.1) is 11.7 Å². The zero-order valence-corrected chi connectivity index (χ0v) is 9.29. The molecule has 0 N–H and O–H groups in total. The third kappa shape index (κ3) is 3.74. The fraction of sp³-hybridized carbons (Fsp3) is 0.385. The van der Waals surface area contributed by atoms with Crippen molar-refractivity contribution in [3.8, 4) is 5.75 Å². The Hall–Kier alpha value is -1.31. The van der Waals surface area contributed by atoms with E-state index in [0.29, 0.717) is 18.9 Å². The van der Waals surface area contributed by atoms with Gasteiger partial charge in [-0.25, -0.2) is 4.39 Å². The molecular weight excluding hydrogens is 191 g/mol. The van der Waals surface area contributed by atoms with Gasteiger partial charge in [0.2, 0.25) is 0 Å². The number of hydrogen-bond donors (Lipinski definition) is 0. The smallest absolute Gasteiger partial charge is 0.123 e. The Morgan fingerprint density at radius 2 is 2.20 bits per heavy atom. The number of benzene rings is 1. The van der Waals surface area contributed by atoms with Crippen molar-refractivity contribution in [1.82, 2.24) is 0 Å². The van der Waals surface area contributed by atoms with E-state index in [1.807, 2.05) is 0 Å². The zero-order valence-electron chi connectivity index (χ0n) is 9.29. The molecule has 0 fully saturated rings. The SMILES string of the molecule is C=CCc1cc(F)ccc1OCC(C)C. The maximum atomic E-state index is 13.0. The second kappa shape index (κ2) is 5.54. The monoisotopic (exact) mass is 208 g/mol. The molecule has 1 aromatic carbocycles. The Balaban J connectivity index is 2.80. The number of allylic oxidation sites excluding steroid dienone is 1. The average molecular weight is 208 g/mol. The molecule has 0 heterocycles. The zero-order chi connectivity index (χ0) is 11.3. The van der Waals surface area contributed by atoms with E-state index in [0.717, 1.165) is 11.3 Å². The highest BCUT2D eigenvalue weighted by Crippen LogP contribution is 2.21. The van der Waals surface area contributed by atoms with Gasteiger partial charge in [0.05, 0.1) is 6.61 Å². The molecule has 0 atom stereocenters. The third-order valence-corrected chi connectivity index (χ3v) is 1.96. The van der Waals surface area contributed by atoms with Crippen molar-refractivity contribution in [3.05, 3.63) is 42.2 Å². The van der Waals surface area contributed by atoms with Crippen LogP contribution in [0.25, 0.3) is 0 Å². The second-order valence-electron chi connectivity index (χ2n) is 3.95. The van der Waals surface area contributed by atoms with Crippen LogP contribution in [-0.2, 0) is 6.42 Å². The molecule has 1 nitrogen and oxygen atoms in total. The van der Waals surface area contributed by atoms with E-state index in [4.69, 9.17) is 4.74 Å². The number of halogens is 1. The summed E-state index contributed by atoms with van der Waals surface area (Å²) in [4.78, 5) is 0. The van der Waals surface area contributed by atoms with Gasteiger partial charge < -0.3 is 4.74 Å². The molecule has 0 aromatic heterocycles. The minimum Gasteiger partial charge on any atom is -0.493 e. The van der Waals surface area contributed by atoms with Crippen molar-refractivity contribution >= 4 is 0 Å². The van der Waals surface area contributed by atoms with Crippen LogP contribution in [0.2, 0.25) is 0 Å². The van der Waals surface area contributed by atoms with Gasteiger partial charge in [-0.05, 0) is 30.5 Å². The van der Waals surface area contributed by atoms with Crippen molar-refractivity contribution in [1.29, 1.82) is 0 Å². The first kappa shape index (κ1) is 11.8. The summed E-state index contributed by atoms with van der Waals surface area (Å²) in [5.74, 6) is 0.986. The van der Waals surface area contributed by atoms with E-state index in [1.165, 1.54) is 12.1 Å². The lowest BCUT2D eigenvalue weighted by Crippen LogP contribution is -2.06. The van der Waals surface area contributed by atoms with Crippen molar-refractivity contribution in [2.45, 2.75) is 20.3 Å². The maximum absolute atomic E-state index is 13.0. The van der Waals surface area contributed by atoms with Gasteiger partial charge in [-0.3, -0.25) is 0 Å². The second-order valence-corrected chi connectivity index (χ2v) is 3.95.